The van der Waals surface area contributed by atoms with E-state index in [2.05, 4.69) is 26.0 Å². The molecule has 2 aromatic rings. The summed E-state index contributed by atoms with van der Waals surface area (Å²) in [6.45, 7) is 4.32. The van der Waals surface area contributed by atoms with Crippen LogP contribution in [-0.2, 0) is 0 Å². The Hall–Kier alpha value is -1.57. The number of hydrogen-bond acceptors (Lipinski definition) is 1. The lowest BCUT2D eigenvalue weighted by Gasteiger charge is -2.05. The summed E-state index contributed by atoms with van der Waals surface area (Å²) in [7, 11) is 0. The maximum Gasteiger partial charge on any atom is 0.221 e. The normalized spacial score (nSPS) is 11.1. The maximum atomic E-state index is 5.90. The van der Waals surface area contributed by atoms with E-state index in [-0.39, 0.29) is 0 Å². The standard InChI is InChI=1S/C12H15N2/c1-9(2)12-11-6-4-3-5-10(11)7-8-14(12)13/h3-9H,13H2,1-2H3/q+1. The number of nitrogen functional groups attached to an aromatic ring is 1. The van der Waals surface area contributed by atoms with E-state index in [1.807, 2.05) is 24.4 Å². The van der Waals surface area contributed by atoms with Crippen LogP contribution in [0, 0.1) is 0 Å². The minimum Gasteiger partial charge on any atom is -0.205 e. The van der Waals surface area contributed by atoms with Crippen molar-refractivity contribution in [3.63, 3.8) is 0 Å². The number of aromatic nitrogens is 1. The zero-order valence-electron chi connectivity index (χ0n) is 8.57. The fourth-order valence-corrected chi connectivity index (χ4v) is 1.86. The van der Waals surface area contributed by atoms with Crippen LogP contribution in [0.1, 0.15) is 25.5 Å². The second-order valence-corrected chi connectivity index (χ2v) is 3.85. The van der Waals surface area contributed by atoms with E-state index in [0.717, 1.165) is 0 Å². The van der Waals surface area contributed by atoms with Crippen LogP contribution in [0.4, 0.5) is 0 Å². The van der Waals surface area contributed by atoms with Crippen molar-refractivity contribution in [2.75, 3.05) is 5.84 Å². The fraction of sp³-hybridized carbons (Fsp3) is 0.250. The Morgan fingerprint density at radius 2 is 1.86 bits per heavy atom. The molecule has 2 heteroatoms. The Labute approximate surface area is 83.9 Å². The number of nitrogens with two attached hydrogens (primary N) is 1. The summed E-state index contributed by atoms with van der Waals surface area (Å²) in [5.74, 6) is 6.34. The quantitative estimate of drug-likeness (QED) is 0.537. The van der Waals surface area contributed by atoms with Gasteiger partial charge in [0, 0.05) is 12.0 Å². The molecular weight excluding hydrogens is 172 g/mol. The third kappa shape index (κ3) is 1.33. The molecule has 0 atom stereocenters. The van der Waals surface area contributed by atoms with Crippen LogP contribution < -0.4 is 10.5 Å². The molecule has 14 heavy (non-hydrogen) atoms. The van der Waals surface area contributed by atoms with Gasteiger partial charge in [0.15, 0.2) is 6.20 Å². The lowest BCUT2D eigenvalue weighted by atomic mass is 10.0. The molecule has 0 aliphatic rings. The van der Waals surface area contributed by atoms with Gasteiger partial charge >= 0.3 is 0 Å². The van der Waals surface area contributed by atoms with Crippen molar-refractivity contribution in [2.45, 2.75) is 19.8 Å². The molecule has 0 unspecified atom stereocenters. The van der Waals surface area contributed by atoms with E-state index in [1.165, 1.54) is 16.5 Å². The third-order valence-electron chi connectivity index (χ3n) is 2.48. The molecule has 0 amide bonds. The van der Waals surface area contributed by atoms with Crippen molar-refractivity contribution in [3.05, 3.63) is 42.2 Å². The molecule has 0 saturated heterocycles. The molecule has 0 fully saturated rings. The first-order valence-corrected chi connectivity index (χ1v) is 4.88. The number of nitrogens with zero attached hydrogens (tertiary/aromatic N) is 1. The van der Waals surface area contributed by atoms with E-state index < -0.39 is 0 Å². The van der Waals surface area contributed by atoms with Gasteiger partial charge in [0.25, 0.3) is 0 Å². The predicted molar refractivity (Wildman–Crippen MR) is 58.4 cm³/mol. The summed E-state index contributed by atoms with van der Waals surface area (Å²) in [5, 5.41) is 2.49. The van der Waals surface area contributed by atoms with Crippen LogP contribution in [0.5, 0.6) is 0 Å². The second-order valence-electron chi connectivity index (χ2n) is 3.85. The maximum absolute atomic E-state index is 5.90. The zero-order valence-corrected chi connectivity index (χ0v) is 8.57. The van der Waals surface area contributed by atoms with Crippen LogP contribution in [0.3, 0.4) is 0 Å². The molecule has 2 rings (SSSR count). The molecule has 1 aromatic carbocycles. The van der Waals surface area contributed by atoms with E-state index in [4.69, 9.17) is 5.84 Å². The van der Waals surface area contributed by atoms with Crippen molar-refractivity contribution in [1.29, 1.82) is 0 Å². The van der Waals surface area contributed by atoms with Crippen molar-refractivity contribution < 1.29 is 4.68 Å². The topological polar surface area (TPSA) is 29.9 Å². The molecule has 0 aliphatic carbocycles. The molecular formula is C12H15N2+. The van der Waals surface area contributed by atoms with Crippen molar-refractivity contribution >= 4 is 10.8 Å². The molecule has 0 spiro atoms. The first-order valence-electron chi connectivity index (χ1n) is 4.88. The van der Waals surface area contributed by atoms with E-state index in [9.17, 15) is 0 Å². The van der Waals surface area contributed by atoms with E-state index >= 15 is 0 Å². The van der Waals surface area contributed by atoms with Crippen molar-refractivity contribution in [1.82, 2.24) is 0 Å². The highest BCUT2D eigenvalue weighted by molar-refractivity contribution is 5.83. The molecule has 0 saturated carbocycles. The zero-order chi connectivity index (χ0) is 10.1. The van der Waals surface area contributed by atoms with Gasteiger partial charge < -0.3 is 0 Å². The predicted octanol–water partition coefficient (Wildman–Crippen LogP) is 1.96. The van der Waals surface area contributed by atoms with Gasteiger partial charge in [-0.3, -0.25) is 0 Å². The number of rotatable bonds is 1. The highest BCUT2D eigenvalue weighted by Gasteiger charge is 2.16. The average molecular weight is 187 g/mol. The summed E-state index contributed by atoms with van der Waals surface area (Å²) < 4.78 is 1.72. The van der Waals surface area contributed by atoms with Gasteiger partial charge in [-0.25, -0.2) is 5.84 Å². The van der Waals surface area contributed by atoms with Gasteiger partial charge in [-0.05, 0) is 11.5 Å². The molecule has 2 nitrogen and oxygen atoms in total. The fourth-order valence-electron chi connectivity index (χ4n) is 1.86. The second kappa shape index (κ2) is 3.29. The van der Waals surface area contributed by atoms with Gasteiger partial charge in [0.05, 0.1) is 5.39 Å². The Morgan fingerprint density at radius 3 is 2.57 bits per heavy atom. The molecule has 2 N–H and O–H groups in total. The smallest absolute Gasteiger partial charge is 0.205 e. The van der Waals surface area contributed by atoms with Gasteiger partial charge in [-0.2, -0.15) is 0 Å². The van der Waals surface area contributed by atoms with Crippen molar-refractivity contribution in [3.8, 4) is 0 Å². The Morgan fingerprint density at radius 1 is 1.14 bits per heavy atom. The number of fused-ring (bicyclic) bond motifs is 1. The molecule has 1 aromatic heterocycles. The van der Waals surface area contributed by atoms with E-state index in [1.54, 1.807) is 4.68 Å². The largest absolute Gasteiger partial charge is 0.221 e. The summed E-state index contributed by atoms with van der Waals surface area (Å²) in [6.07, 6.45) is 1.91. The highest BCUT2D eigenvalue weighted by Crippen LogP contribution is 2.20. The molecule has 1 heterocycles. The summed E-state index contributed by atoms with van der Waals surface area (Å²) in [4.78, 5) is 0. The Balaban J connectivity index is 2.83. The Kier molecular flexibility index (Phi) is 2.12. The Bertz CT molecular complexity index is 461. The van der Waals surface area contributed by atoms with Gasteiger partial charge in [-0.1, -0.05) is 36.7 Å². The van der Waals surface area contributed by atoms with Crippen LogP contribution in [0.15, 0.2) is 36.5 Å². The van der Waals surface area contributed by atoms with Crippen LogP contribution in [-0.4, -0.2) is 0 Å². The van der Waals surface area contributed by atoms with Gasteiger partial charge in [-0.15, -0.1) is 0 Å². The highest BCUT2D eigenvalue weighted by atomic mass is 15.3. The lowest BCUT2D eigenvalue weighted by molar-refractivity contribution is -0.646. The lowest BCUT2D eigenvalue weighted by Crippen LogP contribution is -2.48. The molecule has 0 aliphatic heterocycles. The van der Waals surface area contributed by atoms with Gasteiger partial charge in [0.1, 0.15) is 0 Å². The molecule has 0 bridgehead atoms. The van der Waals surface area contributed by atoms with E-state index in [0.29, 0.717) is 5.92 Å². The van der Waals surface area contributed by atoms with Crippen LogP contribution in [0.25, 0.3) is 10.8 Å². The first kappa shape index (κ1) is 9.00. The minimum atomic E-state index is 0.436. The number of hydrogen-bond donors (Lipinski definition) is 1. The van der Waals surface area contributed by atoms with Crippen LogP contribution in [0.2, 0.25) is 0 Å². The summed E-state index contributed by atoms with van der Waals surface area (Å²) in [6, 6.07) is 10.4. The average Bonchev–Trinajstić information content (AvgIpc) is 2.17. The van der Waals surface area contributed by atoms with Crippen molar-refractivity contribution in [2.24, 2.45) is 0 Å². The molecule has 72 valence electrons. The minimum absolute atomic E-state index is 0.436. The number of benzene rings is 1. The summed E-state index contributed by atoms with van der Waals surface area (Å²) in [5.41, 5.74) is 1.18. The molecule has 0 radical (unpaired) electrons. The monoisotopic (exact) mass is 187 g/mol. The first-order chi connectivity index (χ1) is 6.70. The SMILES string of the molecule is CC(C)c1c2ccccc2cc[n+]1N. The third-order valence-corrected chi connectivity index (χ3v) is 2.48. The van der Waals surface area contributed by atoms with Gasteiger partial charge in [0.2, 0.25) is 5.69 Å². The van der Waals surface area contributed by atoms with Crippen LogP contribution >= 0.6 is 0 Å². The number of pyridine rings is 1. The summed E-state index contributed by atoms with van der Waals surface area (Å²) >= 11 is 0.